The Morgan fingerprint density at radius 3 is 2.42 bits per heavy atom. The molecule has 1 aromatic carbocycles. The predicted molar refractivity (Wildman–Crippen MR) is 87.9 cm³/mol. The first kappa shape index (κ1) is 16.9. The van der Waals surface area contributed by atoms with E-state index in [1.54, 1.807) is 12.4 Å². The number of nitrogens with zero attached hydrogens (tertiary/aromatic N) is 2. The van der Waals surface area contributed by atoms with Crippen molar-refractivity contribution in [2.75, 3.05) is 13.2 Å². The lowest BCUT2D eigenvalue weighted by Crippen LogP contribution is -2.23. The molecule has 1 atom stereocenters. The summed E-state index contributed by atoms with van der Waals surface area (Å²) >= 11 is 0. The zero-order valence-electron chi connectivity index (χ0n) is 13.9. The Balaban J connectivity index is 1.56. The number of nitrogens with one attached hydrogen (secondary N) is 1. The van der Waals surface area contributed by atoms with Crippen molar-refractivity contribution in [2.24, 2.45) is 0 Å². The van der Waals surface area contributed by atoms with Gasteiger partial charge >= 0.3 is 0 Å². The molecule has 26 heavy (non-hydrogen) atoms. The van der Waals surface area contributed by atoms with Gasteiger partial charge in [-0.2, -0.15) is 0 Å². The molecule has 0 aliphatic carbocycles. The molecule has 2 aliphatic heterocycles. The second-order valence-electron chi connectivity index (χ2n) is 6.62. The van der Waals surface area contributed by atoms with Crippen LogP contribution in [0.25, 0.3) is 0 Å². The highest BCUT2D eigenvalue weighted by molar-refractivity contribution is 5.33. The van der Waals surface area contributed by atoms with Gasteiger partial charge in [0.25, 0.3) is 0 Å². The van der Waals surface area contributed by atoms with Crippen molar-refractivity contribution >= 4 is 0 Å². The number of aromatic nitrogens is 1. The number of aryl methyl sites for hydroxylation is 1. The summed E-state index contributed by atoms with van der Waals surface area (Å²) in [5, 5.41) is 3.31. The number of halogens is 4. The van der Waals surface area contributed by atoms with Crippen molar-refractivity contribution in [3.63, 3.8) is 0 Å². The molecule has 0 spiro atoms. The summed E-state index contributed by atoms with van der Waals surface area (Å²) in [4.78, 5) is 5.96. The molecule has 3 heterocycles. The second-order valence-corrected chi connectivity index (χ2v) is 6.62. The lowest BCUT2D eigenvalue weighted by Gasteiger charge is -2.16. The van der Waals surface area contributed by atoms with Gasteiger partial charge in [-0.3, -0.25) is 4.98 Å². The van der Waals surface area contributed by atoms with Gasteiger partial charge in [-0.15, -0.1) is 0 Å². The number of rotatable bonds is 4. The fourth-order valence-electron chi connectivity index (χ4n) is 3.77. The molecular formula is C19H17F4N3. The maximum Gasteiger partial charge on any atom is 0.165 e. The first-order valence-electron chi connectivity index (χ1n) is 8.47. The van der Waals surface area contributed by atoms with Crippen LogP contribution in [0.5, 0.6) is 0 Å². The number of benzene rings is 1. The quantitative estimate of drug-likeness (QED) is 0.661. The van der Waals surface area contributed by atoms with E-state index in [4.69, 9.17) is 0 Å². The van der Waals surface area contributed by atoms with Gasteiger partial charge in [0.2, 0.25) is 0 Å². The second kappa shape index (κ2) is 6.63. The number of pyridine rings is 1. The fourth-order valence-corrected chi connectivity index (χ4v) is 3.77. The van der Waals surface area contributed by atoms with E-state index >= 15 is 0 Å². The zero-order valence-corrected chi connectivity index (χ0v) is 13.9. The number of hydrogen-bond acceptors (Lipinski definition) is 3. The van der Waals surface area contributed by atoms with Crippen molar-refractivity contribution in [3.8, 4) is 0 Å². The summed E-state index contributed by atoms with van der Waals surface area (Å²) in [6.07, 6.45) is 5.39. The molecule has 1 saturated heterocycles. The first-order valence-corrected chi connectivity index (χ1v) is 8.47. The Morgan fingerprint density at radius 1 is 1.04 bits per heavy atom. The summed E-state index contributed by atoms with van der Waals surface area (Å²) < 4.78 is 55.2. The molecule has 0 radical (unpaired) electrons. The minimum absolute atomic E-state index is 0.255. The maximum atomic E-state index is 14.1. The molecule has 0 bridgehead atoms. The smallest absolute Gasteiger partial charge is 0.165 e. The van der Waals surface area contributed by atoms with Crippen LogP contribution < -0.4 is 5.32 Å². The van der Waals surface area contributed by atoms with Gasteiger partial charge in [0.05, 0.1) is 6.67 Å². The van der Waals surface area contributed by atoms with Crippen molar-refractivity contribution in [1.29, 1.82) is 0 Å². The summed E-state index contributed by atoms with van der Waals surface area (Å²) in [7, 11) is 0. The van der Waals surface area contributed by atoms with E-state index in [2.05, 4.69) is 10.3 Å². The lowest BCUT2D eigenvalue weighted by molar-refractivity contribution is 0.383. The van der Waals surface area contributed by atoms with E-state index in [-0.39, 0.29) is 6.07 Å². The monoisotopic (exact) mass is 363 g/mol. The van der Waals surface area contributed by atoms with Crippen LogP contribution in [0, 0.1) is 23.3 Å². The van der Waals surface area contributed by atoms with Gasteiger partial charge in [-0.1, -0.05) is 0 Å². The highest BCUT2D eigenvalue weighted by Crippen LogP contribution is 2.40. The summed E-state index contributed by atoms with van der Waals surface area (Å²) in [5.41, 5.74) is 2.64. The summed E-state index contributed by atoms with van der Waals surface area (Å²) in [5.74, 6) is -5.89. The Kier molecular flexibility index (Phi) is 4.30. The Labute approximate surface area is 148 Å². The molecule has 2 aliphatic rings. The van der Waals surface area contributed by atoms with Crippen molar-refractivity contribution in [2.45, 2.75) is 25.2 Å². The Bertz CT molecular complexity index is 841. The molecule has 0 unspecified atom stereocenters. The summed E-state index contributed by atoms with van der Waals surface area (Å²) in [6.45, 7) is 0.871. The topological polar surface area (TPSA) is 28.2 Å². The van der Waals surface area contributed by atoms with Crippen LogP contribution in [-0.4, -0.2) is 23.1 Å². The molecule has 2 aromatic rings. The summed E-state index contributed by atoms with van der Waals surface area (Å²) in [6, 6.07) is 4.14. The van der Waals surface area contributed by atoms with E-state index in [1.165, 1.54) is 0 Å². The number of hydrogen-bond donors (Lipinski definition) is 1. The third-order valence-corrected chi connectivity index (χ3v) is 5.06. The van der Waals surface area contributed by atoms with Crippen LogP contribution in [-0.2, 0) is 6.42 Å². The number of fused-ring (bicyclic) bond motifs is 1. The highest BCUT2D eigenvalue weighted by atomic mass is 19.2. The van der Waals surface area contributed by atoms with Gasteiger partial charge in [-0.25, -0.2) is 17.6 Å². The lowest BCUT2D eigenvalue weighted by atomic mass is 9.95. The van der Waals surface area contributed by atoms with Gasteiger partial charge in [0.1, 0.15) is 0 Å². The molecular weight excluding hydrogens is 346 g/mol. The van der Waals surface area contributed by atoms with Crippen LogP contribution in [0.3, 0.4) is 0 Å². The van der Waals surface area contributed by atoms with E-state index in [0.717, 1.165) is 29.8 Å². The average Bonchev–Trinajstić information content (AvgIpc) is 3.20. The minimum atomic E-state index is -1.35. The molecule has 4 rings (SSSR count). The number of allylic oxidation sites excluding steroid dienone is 2. The predicted octanol–water partition coefficient (Wildman–Crippen LogP) is 3.83. The third-order valence-electron chi connectivity index (χ3n) is 5.06. The van der Waals surface area contributed by atoms with Crippen LogP contribution in [0.1, 0.15) is 29.9 Å². The molecule has 3 nitrogen and oxygen atoms in total. The van der Waals surface area contributed by atoms with Gasteiger partial charge in [0.15, 0.2) is 23.3 Å². The van der Waals surface area contributed by atoms with Crippen molar-refractivity contribution in [1.82, 2.24) is 15.2 Å². The molecule has 0 amide bonds. The van der Waals surface area contributed by atoms with Crippen LogP contribution >= 0.6 is 0 Å². The fraction of sp³-hybridized carbons (Fsp3) is 0.316. The largest absolute Gasteiger partial charge is 0.370 e. The van der Waals surface area contributed by atoms with E-state index in [0.29, 0.717) is 19.6 Å². The molecule has 1 aromatic heterocycles. The maximum absolute atomic E-state index is 14.1. The molecule has 1 fully saturated rings. The van der Waals surface area contributed by atoms with E-state index in [1.807, 2.05) is 17.0 Å². The zero-order chi connectivity index (χ0) is 18.3. The minimum Gasteiger partial charge on any atom is -0.370 e. The normalized spacial score (nSPS) is 19.1. The van der Waals surface area contributed by atoms with Gasteiger partial charge in [-0.05, 0) is 37.0 Å². The van der Waals surface area contributed by atoms with Crippen LogP contribution in [0.2, 0.25) is 0 Å². The molecule has 0 saturated carbocycles. The van der Waals surface area contributed by atoms with E-state index in [9.17, 15) is 17.6 Å². The first-order chi connectivity index (χ1) is 12.5. The van der Waals surface area contributed by atoms with Crippen LogP contribution in [0.4, 0.5) is 17.6 Å². The van der Waals surface area contributed by atoms with Crippen molar-refractivity contribution < 1.29 is 17.6 Å². The standard InChI is InChI=1S/C19H17F4N3/c20-13-8-14(21)19(23)17(18(13)22)12-7-16-15(25-10-26(16)9-12)2-1-11-3-5-24-6-4-11/h3-6,8,12,25H,1-2,7,9-10H2/t12-/m0/s1. The molecule has 7 heteroatoms. The molecule has 1 N–H and O–H groups in total. The third kappa shape index (κ3) is 2.91. The average molecular weight is 363 g/mol. The molecule has 136 valence electrons. The van der Waals surface area contributed by atoms with Crippen LogP contribution in [0.15, 0.2) is 42.0 Å². The Morgan fingerprint density at radius 2 is 1.73 bits per heavy atom. The SMILES string of the molecule is Fc1cc(F)c(F)c([C@H]2CC3=C(CCc4ccncc4)NCN3C2)c1F. The van der Waals surface area contributed by atoms with Crippen molar-refractivity contribution in [3.05, 3.63) is 76.4 Å². The Hall–Kier alpha value is -2.57. The van der Waals surface area contributed by atoms with Gasteiger partial charge in [0, 0.05) is 47.9 Å². The highest BCUT2D eigenvalue weighted by Gasteiger charge is 2.37. The van der Waals surface area contributed by atoms with E-state index < -0.39 is 34.8 Å². The van der Waals surface area contributed by atoms with Gasteiger partial charge < -0.3 is 10.2 Å².